The molecule has 1 aliphatic heterocycles. The lowest BCUT2D eigenvalue weighted by Gasteiger charge is -2.41. The molecular formula is C57H92O12S. The molecule has 70 heavy (non-hydrogen) atoms. The smallest absolute Gasteiger partial charge is 0.397 e. The number of unbranched alkanes of at least 4 members (excludes halogenated alkanes) is 11. The van der Waals surface area contributed by atoms with Crippen molar-refractivity contribution >= 4 is 16.4 Å². The highest BCUT2D eigenvalue weighted by Crippen LogP contribution is 2.26. The van der Waals surface area contributed by atoms with Gasteiger partial charge in [-0.1, -0.05) is 180 Å². The summed E-state index contributed by atoms with van der Waals surface area (Å²) in [5.74, 6) is -0.429. The summed E-state index contributed by atoms with van der Waals surface area (Å²) in [6, 6.07) is 0. The van der Waals surface area contributed by atoms with Gasteiger partial charge in [0.15, 0.2) is 6.29 Å². The highest BCUT2D eigenvalue weighted by atomic mass is 32.3. The summed E-state index contributed by atoms with van der Waals surface area (Å²) >= 11 is 0. The Morgan fingerprint density at radius 3 is 1.37 bits per heavy atom. The number of hydrogen-bond acceptors (Lipinski definition) is 11. The van der Waals surface area contributed by atoms with E-state index >= 15 is 0 Å². The number of aliphatic hydroxyl groups excluding tert-OH is 3. The van der Waals surface area contributed by atoms with Crippen molar-refractivity contribution < 1.29 is 56.2 Å². The van der Waals surface area contributed by atoms with Crippen LogP contribution in [0.2, 0.25) is 0 Å². The number of esters is 1. The molecule has 0 amide bonds. The van der Waals surface area contributed by atoms with Gasteiger partial charge in [-0.05, 0) is 103 Å². The lowest BCUT2D eigenvalue weighted by molar-refractivity contribution is -0.301. The zero-order valence-corrected chi connectivity index (χ0v) is 43.6. The second kappa shape index (κ2) is 46.6. The number of carbonyl (C=O) groups excluding carboxylic acids is 1. The fourth-order valence-electron chi connectivity index (χ4n) is 7.20. The Labute approximate surface area is 423 Å². The Balaban J connectivity index is 2.40. The van der Waals surface area contributed by atoms with Crippen LogP contribution in [-0.4, -0.2) is 97.5 Å². The number of ether oxygens (including phenoxy) is 4. The average Bonchev–Trinajstić information content (AvgIpc) is 3.34. The van der Waals surface area contributed by atoms with Crippen molar-refractivity contribution in [3.05, 3.63) is 122 Å². The predicted octanol–water partition coefficient (Wildman–Crippen LogP) is 12.5. The Morgan fingerprint density at radius 1 is 0.543 bits per heavy atom. The average molecular weight is 1000 g/mol. The largest absolute Gasteiger partial charge is 0.457 e. The summed E-state index contributed by atoms with van der Waals surface area (Å²) in [5.41, 5.74) is 0. The molecule has 0 saturated carbocycles. The predicted molar refractivity (Wildman–Crippen MR) is 284 cm³/mol. The Morgan fingerprint density at radius 2 is 0.943 bits per heavy atom. The van der Waals surface area contributed by atoms with E-state index in [0.29, 0.717) is 13.0 Å². The molecule has 1 fully saturated rings. The van der Waals surface area contributed by atoms with Crippen molar-refractivity contribution in [3.63, 3.8) is 0 Å². The van der Waals surface area contributed by atoms with Crippen molar-refractivity contribution in [2.45, 2.75) is 205 Å². The molecule has 0 aromatic rings. The fourth-order valence-corrected chi connectivity index (χ4v) is 7.70. The number of hydrogen-bond donors (Lipinski definition) is 4. The maximum atomic E-state index is 12.9. The van der Waals surface area contributed by atoms with E-state index in [0.717, 1.165) is 141 Å². The maximum absolute atomic E-state index is 12.9. The van der Waals surface area contributed by atoms with Crippen molar-refractivity contribution in [1.82, 2.24) is 0 Å². The topological polar surface area (TPSA) is 178 Å². The van der Waals surface area contributed by atoms with Gasteiger partial charge in [-0.2, -0.15) is 8.42 Å². The molecule has 0 radical (unpaired) electrons. The summed E-state index contributed by atoms with van der Waals surface area (Å²) in [7, 11) is -5.08. The van der Waals surface area contributed by atoms with Gasteiger partial charge in [0.2, 0.25) is 0 Å². The van der Waals surface area contributed by atoms with Crippen molar-refractivity contribution in [2.24, 2.45) is 0 Å². The van der Waals surface area contributed by atoms with E-state index in [1.54, 1.807) is 0 Å². The number of rotatable bonds is 44. The zero-order valence-electron chi connectivity index (χ0n) is 42.8. The fraction of sp³-hybridized carbons (Fsp3) is 0.632. The molecule has 0 aromatic heterocycles. The summed E-state index contributed by atoms with van der Waals surface area (Å²) in [4.78, 5) is 12.9. The number of allylic oxidation sites excluding steroid dienone is 20. The molecule has 1 heterocycles. The molecule has 0 aliphatic carbocycles. The van der Waals surface area contributed by atoms with Crippen LogP contribution in [0.5, 0.6) is 0 Å². The van der Waals surface area contributed by atoms with Crippen LogP contribution in [-0.2, 0) is 38.3 Å². The van der Waals surface area contributed by atoms with Crippen LogP contribution in [0.1, 0.15) is 168 Å². The molecule has 1 aliphatic rings. The van der Waals surface area contributed by atoms with Crippen LogP contribution in [0.3, 0.4) is 0 Å². The Kier molecular flexibility index (Phi) is 42.9. The van der Waals surface area contributed by atoms with Gasteiger partial charge in [-0.15, -0.1) is 0 Å². The van der Waals surface area contributed by atoms with E-state index in [9.17, 15) is 33.1 Å². The third-order valence-electron chi connectivity index (χ3n) is 11.1. The summed E-state index contributed by atoms with van der Waals surface area (Å²) in [6.45, 7) is 3.68. The van der Waals surface area contributed by atoms with Gasteiger partial charge >= 0.3 is 16.4 Å². The first kappa shape index (κ1) is 64.5. The van der Waals surface area contributed by atoms with Gasteiger partial charge in [0.1, 0.15) is 30.5 Å². The molecule has 4 N–H and O–H groups in total. The van der Waals surface area contributed by atoms with Crippen molar-refractivity contribution in [3.8, 4) is 0 Å². The molecule has 6 atom stereocenters. The van der Waals surface area contributed by atoms with Crippen LogP contribution in [0.15, 0.2) is 122 Å². The van der Waals surface area contributed by atoms with E-state index < -0.39 is 59.8 Å². The van der Waals surface area contributed by atoms with Gasteiger partial charge < -0.3 is 34.3 Å². The first-order chi connectivity index (χ1) is 34.1. The second-order valence-electron chi connectivity index (χ2n) is 17.3. The minimum absolute atomic E-state index is 0.00854. The molecule has 6 unspecified atom stereocenters. The highest BCUT2D eigenvalue weighted by molar-refractivity contribution is 7.80. The van der Waals surface area contributed by atoms with E-state index in [-0.39, 0.29) is 19.6 Å². The SMILES string of the molecule is CC/C=C\C/C=C\C/C=C\C/C=C\C/C=C\CCCCCCCCOCC(COC1OC(CO)C(O)C(OS(=O)(=O)O)C1O)OC(=O)CCCCCCC/C=C\C/C=C\C/C=C\C/C=C\C/C=C\CC. The first-order valence-corrected chi connectivity index (χ1v) is 27.7. The Bertz CT molecular complexity index is 1670. The van der Waals surface area contributed by atoms with Gasteiger partial charge in [-0.25, -0.2) is 4.18 Å². The minimum atomic E-state index is -5.08. The first-order valence-electron chi connectivity index (χ1n) is 26.3. The third-order valence-corrected chi connectivity index (χ3v) is 11.5. The van der Waals surface area contributed by atoms with Crippen LogP contribution < -0.4 is 0 Å². The van der Waals surface area contributed by atoms with Gasteiger partial charge in [0.05, 0.1) is 19.8 Å². The number of aliphatic hydroxyl groups is 3. The van der Waals surface area contributed by atoms with E-state index in [1.165, 1.54) is 0 Å². The summed E-state index contributed by atoms with van der Waals surface area (Å²) < 4.78 is 59.3. The normalized spacial score (nSPS) is 20.1. The molecule has 398 valence electrons. The monoisotopic (exact) mass is 1000 g/mol. The van der Waals surface area contributed by atoms with Crippen molar-refractivity contribution in [1.29, 1.82) is 0 Å². The summed E-state index contributed by atoms with van der Waals surface area (Å²) in [5, 5.41) is 30.8. The van der Waals surface area contributed by atoms with Gasteiger partial charge in [0.25, 0.3) is 0 Å². The van der Waals surface area contributed by atoms with Crippen LogP contribution >= 0.6 is 0 Å². The minimum Gasteiger partial charge on any atom is -0.457 e. The molecule has 12 nitrogen and oxygen atoms in total. The summed E-state index contributed by atoms with van der Waals surface area (Å²) in [6.07, 6.45) is 57.9. The molecule has 0 bridgehead atoms. The Hall–Kier alpha value is -3.50. The molecule has 13 heteroatoms. The number of carbonyl (C=O) groups is 1. The molecule has 0 aromatic carbocycles. The van der Waals surface area contributed by atoms with E-state index in [1.807, 2.05) is 0 Å². The van der Waals surface area contributed by atoms with E-state index in [2.05, 4.69) is 140 Å². The van der Waals surface area contributed by atoms with Crippen molar-refractivity contribution in [2.75, 3.05) is 26.4 Å². The molecule has 0 spiro atoms. The molecule has 1 rings (SSSR count). The molecular weight excluding hydrogens is 909 g/mol. The van der Waals surface area contributed by atoms with Crippen LogP contribution in [0, 0.1) is 0 Å². The van der Waals surface area contributed by atoms with Crippen LogP contribution in [0.4, 0.5) is 0 Å². The van der Waals surface area contributed by atoms with E-state index in [4.69, 9.17) is 18.9 Å². The lowest BCUT2D eigenvalue weighted by atomic mass is 9.99. The standard InChI is InChI=1S/C57H92O12S/c1-3-5-7-9-11-13-15-17-19-21-23-25-27-29-31-33-35-37-39-41-43-45-47-65-49-51(50-66-57-55(61)56(69-70(62,63)64)54(60)52(48-58)68-57)67-53(59)46-44-42-40-38-36-34-32-30-28-26-24-22-20-18-16-14-12-10-8-6-4-2/h5-8,11-14,17-20,23-26,29-32,51-52,54-58,60-61H,3-4,9-10,15-16,21-22,27-28,33-50H2,1-2H3,(H,62,63,64)/b7-5-,8-6-,13-11-,14-12-,19-17-,20-18-,25-23-,26-24-,31-29-,32-30-. The highest BCUT2D eigenvalue weighted by Gasteiger charge is 2.48. The van der Waals surface area contributed by atoms with Gasteiger partial charge in [-0.3, -0.25) is 9.35 Å². The lowest BCUT2D eigenvalue weighted by Crippen LogP contribution is -2.60. The molecule has 1 saturated heterocycles. The zero-order chi connectivity index (χ0) is 51.0. The quantitative estimate of drug-likeness (QED) is 0.0197. The third kappa shape index (κ3) is 39.2. The maximum Gasteiger partial charge on any atom is 0.397 e. The second-order valence-corrected chi connectivity index (χ2v) is 18.4. The van der Waals surface area contributed by atoms with Crippen LogP contribution in [0.25, 0.3) is 0 Å². The van der Waals surface area contributed by atoms with Gasteiger partial charge in [0, 0.05) is 13.0 Å².